The van der Waals surface area contributed by atoms with Crippen LogP contribution in [0.1, 0.15) is 49.9 Å². The van der Waals surface area contributed by atoms with E-state index in [1.54, 1.807) is 29.2 Å². The molecule has 2 fully saturated rings. The molecule has 0 bridgehead atoms. The number of benzene rings is 1. The van der Waals surface area contributed by atoms with Crippen LogP contribution in [-0.4, -0.2) is 59.6 Å². The van der Waals surface area contributed by atoms with Gasteiger partial charge in [0, 0.05) is 38.2 Å². The van der Waals surface area contributed by atoms with Crippen molar-refractivity contribution >= 4 is 29.3 Å². The van der Waals surface area contributed by atoms with Crippen LogP contribution in [0.2, 0.25) is 0 Å². The Hall–Kier alpha value is -3.16. The van der Waals surface area contributed by atoms with Gasteiger partial charge in [-0.2, -0.15) is 0 Å². The number of rotatable bonds is 5. The molecule has 8 nitrogen and oxygen atoms in total. The molecule has 8 heteroatoms. The van der Waals surface area contributed by atoms with Gasteiger partial charge in [0.05, 0.1) is 17.5 Å². The SMILES string of the molecule is CC(C)CCC(=O)N1CCN(C(=O)c2cccc(N3NC(=O)C4CC=CCC4C3=O)c2)CC1. The highest BCUT2D eigenvalue weighted by atomic mass is 16.2. The first-order chi connectivity index (χ1) is 15.8. The number of carbonyl (C=O) groups is 4. The molecule has 0 spiro atoms. The van der Waals surface area contributed by atoms with Crippen molar-refractivity contribution in [3.63, 3.8) is 0 Å². The lowest BCUT2D eigenvalue weighted by molar-refractivity contribution is -0.140. The van der Waals surface area contributed by atoms with Gasteiger partial charge < -0.3 is 9.80 Å². The molecule has 0 aromatic heterocycles. The molecular formula is C25H32N4O4. The second kappa shape index (κ2) is 9.77. The maximum Gasteiger partial charge on any atom is 0.254 e. The molecule has 176 valence electrons. The van der Waals surface area contributed by atoms with Crippen molar-refractivity contribution in [1.29, 1.82) is 0 Å². The lowest BCUT2D eigenvalue weighted by Crippen LogP contribution is -2.59. The van der Waals surface area contributed by atoms with Crippen molar-refractivity contribution in [2.75, 3.05) is 31.2 Å². The number of nitrogens with one attached hydrogen (secondary N) is 1. The van der Waals surface area contributed by atoms with Crippen molar-refractivity contribution in [3.05, 3.63) is 42.0 Å². The Labute approximate surface area is 194 Å². The van der Waals surface area contributed by atoms with E-state index in [0.717, 1.165) is 6.42 Å². The van der Waals surface area contributed by atoms with E-state index in [-0.39, 0.29) is 35.5 Å². The fourth-order valence-electron chi connectivity index (χ4n) is 4.67. The zero-order valence-corrected chi connectivity index (χ0v) is 19.3. The molecule has 1 aromatic rings. The van der Waals surface area contributed by atoms with E-state index in [2.05, 4.69) is 19.3 Å². The average molecular weight is 453 g/mol. The Bertz CT molecular complexity index is 965. The molecule has 2 atom stereocenters. The zero-order valence-electron chi connectivity index (χ0n) is 19.3. The van der Waals surface area contributed by atoms with Gasteiger partial charge in [-0.1, -0.05) is 32.1 Å². The third-order valence-corrected chi connectivity index (χ3v) is 6.74. The highest BCUT2D eigenvalue weighted by molar-refractivity contribution is 6.05. The molecule has 3 aliphatic rings. The second-order valence-corrected chi connectivity index (χ2v) is 9.46. The van der Waals surface area contributed by atoms with Crippen LogP contribution in [0.25, 0.3) is 0 Å². The predicted molar refractivity (Wildman–Crippen MR) is 124 cm³/mol. The first-order valence-corrected chi connectivity index (χ1v) is 11.8. The van der Waals surface area contributed by atoms with E-state index >= 15 is 0 Å². The molecular weight excluding hydrogens is 420 g/mol. The van der Waals surface area contributed by atoms with E-state index in [0.29, 0.717) is 62.6 Å². The number of allylic oxidation sites excluding steroid dienone is 2. The largest absolute Gasteiger partial charge is 0.339 e. The lowest BCUT2D eigenvalue weighted by Gasteiger charge is -2.38. The van der Waals surface area contributed by atoms with Crippen LogP contribution in [0.15, 0.2) is 36.4 Å². The predicted octanol–water partition coefficient (Wildman–Crippen LogP) is 2.37. The third kappa shape index (κ3) is 4.94. The van der Waals surface area contributed by atoms with Gasteiger partial charge in [0.2, 0.25) is 17.7 Å². The number of anilines is 1. The number of amides is 4. The highest BCUT2D eigenvalue weighted by Crippen LogP contribution is 2.32. The highest BCUT2D eigenvalue weighted by Gasteiger charge is 2.42. The molecule has 0 radical (unpaired) electrons. The summed E-state index contributed by atoms with van der Waals surface area (Å²) in [6.45, 7) is 6.22. The zero-order chi connectivity index (χ0) is 23.5. The molecule has 2 heterocycles. The molecule has 33 heavy (non-hydrogen) atoms. The fraction of sp³-hybridized carbons (Fsp3) is 0.520. The van der Waals surface area contributed by atoms with Crippen LogP contribution in [0.4, 0.5) is 5.69 Å². The summed E-state index contributed by atoms with van der Waals surface area (Å²) in [5, 5.41) is 1.28. The summed E-state index contributed by atoms with van der Waals surface area (Å²) in [5.41, 5.74) is 3.65. The monoisotopic (exact) mass is 452 g/mol. The minimum absolute atomic E-state index is 0.139. The number of hydrogen-bond donors (Lipinski definition) is 1. The van der Waals surface area contributed by atoms with Gasteiger partial charge in [0.15, 0.2) is 0 Å². The van der Waals surface area contributed by atoms with Crippen molar-refractivity contribution < 1.29 is 19.2 Å². The number of piperazine rings is 1. The van der Waals surface area contributed by atoms with Gasteiger partial charge in [-0.3, -0.25) is 24.6 Å². The van der Waals surface area contributed by atoms with Crippen molar-refractivity contribution in [3.8, 4) is 0 Å². The molecule has 1 N–H and O–H groups in total. The van der Waals surface area contributed by atoms with E-state index in [1.807, 2.05) is 17.1 Å². The Balaban J connectivity index is 1.40. The molecule has 0 saturated carbocycles. The first-order valence-electron chi connectivity index (χ1n) is 11.8. The van der Waals surface area contributed by atoms with Crippen LogP contribution >= 0.6 is 0 Å². The van der Waals surface area contributed by atoms with Gasteiger partial charge in [0.1, 0.15) is 0 Å². The Morgan fingerprint density at radius 1 is 1.00 bits per heavy atom. The van der Waals surface area contributed by atoms with Crippen molar-refractivity contribution in [2.45, 2.75) is 39.5 Å². The molecule has 2 saturated heterocycles. The van der Waals surface area contributed by atoms with E-state index in [1.165, 1.54) is 5.01 Å². The summed E-state index contributed by atoms with van der Waals surface area (Å²) >= 11 is 0. The Kier molecular flexibility index (Phi) is 6.81. The first kappa shape index (κ1) is 23.0. The molecule has 1 aliphatic carbocycles. The average Bonchev–Trinajstić information content (AvgIpc) is 2.84. The number of fused-ring (bicyclic) bond motifs is 1. The Morgan fingerprint density at radius 2 is 1.67 bits per heavy atom. The fourth-order valence-corrected chi connectivity index (χ4v) is 4.67. The van der Waals surface area contributed by atoms with Crippen LogP contribution in [0, 0.1) is 17.8 Å². The van der Waals surface area contributed by atoms with Crippen molar-refractivity contribution in [1.82, 2.24) is 15.2 Å². The van der Waals surface area contributed by atoms with Gasteiger partial charge in [-0.25, -0.2) is 5.01 Å². The smallest absolute Gasteiger partial charge is 0.254 e. The number of nitrogens with zero attached hydrogens (tertiary/aromatic N) is 3. The standard InChI is InChI=1S/C25H32N4O4/c1-17(2)10-11-22(30)27-12-14-28(15-13-27)24(32)18-6-5-7-19(16-18)29-25(33)21-9-4-3-8-20(21)23(31)26-29/h3-7,16-17,20-21H,8-15H2,1-2H3,(H,26,31). The quantitative estimate of drug-likeness (QED) is 0.695. The maximum absolute atomic E-state index is 13.1. The number of hydrazine groups is 1. The van der Waals surface area contributed by atoms with Crippen LogP contribution in [-0.2, 0) is 14.4 Å². The van der Waals surface area contributed by atoms with Gasteiger partial charge in [-0.05, 0) is 43.4 Å². The van der Waals surface area contributed by atoms with E-state index in [4.69, 9.17) is 0 Å². The summed E-state index contributed by atoms with van der Waals surface area (Å²) in [4.78, 5) is 54.6. The Morgan fingerprint density at radius 3 is 2.36 bits per heavy atom. The normalized spacial score (nSPS) is 22.9. The lowest BCUT2D eigenvalue weighted by atomic mass is 9.80. The van der Waals surface area contributed by atoms with E-state index in [9.17, 15) is 19.2 Å². The number of hydrogen-bond acceptors (Lipinski definition) is 4. The van der Waals surface area contributed by atoms with Gasteiger partial charge >= 0.3 is 0 Å². The summed E-state index contributed by atoms with van der Waals surface area (Å²) in [6, 6.07) is 6.81. The van der Waals surface area contributed by atoms with Crippen LogP contribution < -0.4 is 10.4 Å². The summed E-state index contributed by atoms with van der Waals surface area (Å²) in [7, 11) is 0. The maximum atomic E-state index is 13.1. The topological polar surface area (TPSA) is 90.0 Å². The minimum Gasteiger partial charge on any atom is -0.339 e. The third-order valence-electron chi connectivity index (χ3n) is 6.74. The number of carbonyl (C=O) groups excluding carboxylic acids is 4. The molecule has 4 amide bonds. The minimum atomic E-state index is -0.371. The van der Waals surface area contributed by atoms with Crippen molar-refractivity contribution in [2.24, 2.45) is 17.8 Å². The molecule has 4 rings (SSSR count). The second-order valence-electron chi connectivity index (χ2n) is 9.46. The van der Waals surface area contributed by atoms with Crippen LogP contribution in [0.5, 0.6) is 0 Å². The van der Waals surface area contributed by atoms with Gasteiger partial charge in [-0.15, -0.1) is 0 Å². The summed E-state index contributed by atoms with van der Waals surface area (Å²) in [6.07, 6.45) is 6.42. The summed E-state index contributed by atoms with van der Waals surface area (Å²) in [5.74, 6) is -0.525. The van der Waals surface area contributed by atoms with Crippen LogP contribution in [0.3, 0.4) is 0 Å². The molecule has 2 unspecified atom stereocenters. The summed E-state index contributed by atoms with van der Waals surface area (Å²) < 4.78 is 0. The molecule has 2 aliphatic heterocycles. The molecule has 1 aromatic carbocycles. The van der Waals surface area contributed by atoms with E-state index < -0.39 is 0 Å². The van der Waals surface area contributed by atoms with Gasteiger partial charge in [0.25, 0.3) is 5.91 Å².